The van der Waals surface area contributed by atoms with Gasteiger partial charge < -0.3 is 10.2 Å². The fourth-order valence-corrected chi connectivity index (χ4v) is 3.51. The smallest absolute Gasteiger partial charge is 0.339 e. The summed E-state index contributed by atoms with van der Waals surface area (Å²) >= 11 is 5.60. The quantitative estimate of drug-likeness (QED) is 0.740. The molecule has 0 bridgehead atoms. The predicted molar refractivity (Wildman–Crippen MR) is 105 cm³/mol. The minimum absolute atomic E-state index is 0.0462. The third-order valence-electron chi connectivity index (χ3n) is 4.99. The van der Waals surface area contributed by atoms with Gasteiger partial charge in [-0.3, -0.25) is 9.59 Å². The second kappa shape index (κ2) is 8.45. The molecular weight excluding hydrogens is 405 g/mol. The molecule has 2 aromatic rings. The maximum Gasteiger partial charge on any atom is 0.417 e. The molecule has 3 rings (SSSR count). The van der Waals surface area contributed by atoms with Crippen molar-refractivity contribution in [3.05, 3.63) is 64.2 Å². The summed E-state index contributed by atoms with van der Waals surface area (Å²) < 4.78 is 38.9. The van der Waals surface area contributed by atoms with Crippen molar-refractivity contribution >= 4 is 29.1 Å². The molecule has 1 N–H and O–H groups in total. The standard InChI is InChI=1S/C21H20ClF3N2O2/c1-13-2-4-15(5-3-13)20(29)27-10-8-14(9-11-27)19(28)26-16-6-7-18(22)17(12-16)21(23,24)25/h2-7,12,14H,8-11H2,1H3,(H,26,28). The van der Waals surface area contributed by atoms with E-state index in [1.54, 1.807) is 17.0 Å². The first-order valence-corrected chi connectivity index (χ1v) is 9.56. The second-order valence-corrected chi connectivity index (χ2v) is 7.52. The van der Waals surface area contributed by atoms with E-state index in [2.05, 4.69) is 5.32 Å². The van der Waals surface area contributed by atoms with E-state index in [1.807, 2.05) is 19.1 Å². The first kappa shape index (κ1) is 21.2. The van der Waals surface area contributed by atoms with Crippen molar-refractivity contribution in [2.24, 2.45) is 5.92 Å². The Bertz CT molecular complexity index is 905. The largest absolute Gasteiger partial charge is 0.417 e. The number of piperidine rings is 1. The maximum absolute atomic E-state index is 13.0. The van der Waals surface area contributed by atoms with Crippen molar-refractivity contribution in [1.29, 1.82) is 0 Å². The first-order valence-electron chi connectivity index (χ1n) is 9.18. The van der Waals surface area contributed by atoms with E-state index < -0.39 is 16.8 Å². The fraction of sp³-hybridized carbons (Fsp3) is 0.333. The molecule has 0 aromatic heterocycles. The molecule has 0 spiro atoms. The molecule has 4 nitrogen and oxygen atoms in total. The van der Waals surface area contributed by atoms with E-state index >= 15 is 0 Å². The van der Waals surface area contributed by atoms with Crippen molar-refractivity contribution < 1.29 is 22.8 Å². The molecule has 2 aromatic carbocycles. The van der Waals surface area contributed by atoms with Crippen LogP contribution in [0.5, 0.6) is 0 Å². The molecule has 0 atom stereocenters. The van der Waals surface area contributed by atoms with Crippen LogP contribution in [0, 0.1) is 12.8 Å². The molecule has 1 fully saturated rings. The number of benzene rings is 2. The Labute approximate surface area is 171 Å². The Balaban J connectivity index is 1.59. The summed E-state index contributed by atoms with van der Waals surface area (Å²) in [6.07, 6.45) is -3.70. The van der Waals surface area contributed by atoms with Crippen LogP contribution in [0.25, 0.3) is 0 Å². The molecule has 154 valence electrons. The molecule has 8 heteroatoms. The van der Waals surface area contributed by atoms with E-state index in [0.717, 1.165) is 17.7 Å². The third-order valence-corrected chi connectivity index (χ3v) is 5.32. The van der Waals surface area contributed by atoms with Gasteiger partial charge in [0.2, 0.25) is 5.91 Å². The van der Waals surface area contributed by atoms with Crippen LogP contribution < -0.4 is 5.32 Å². The molecule has 29 heavy (non-hydrogen) atoms. The lowest BCUT2D eigenvalue weighted by atomic mass is 9.95. The highest BCUT2D eigenvalue weighted by Gasteiger charge is 2.34. The predicted octanol–water partition coefficient (Wildman–Crippen LogP) is 5.16. The van der Waals surface area contributed by atoms with Crippen LogP contribution >= 0.6 is 11.6 Å². The summed E-state index contributed by atoms with van der Waals surface area (Å²) in [6.45, 7) is 2.77. The number of carbonyl (C=O) groups excluding carboxylic acids is 2. The molecule has 0 unspecified atom stereocenters. The molecule has 1 aliphatic rings. The van der Waals surface area contributed by atoms with Crippen LogP contribution in [-0.4, -0.2) is 29.8 Å². The van der Waals surface area contributed by atoms with E-state index in [4.69, 9.17) is 11.6 Å². The van der Waals surface area contributed by atoms with Crippen LogP contribution in [0.15, 0.2) is 42.5 Å². The average molecular weight is 425 g/mol. The van der Waals surface area contributed by atoms with Crippen molar-refractivity contribution in [1.82, 2.24) is 4.90 Å². The highest BCUT2D eigenvalue weighted by molar-refractivity contribution is 6.31. The summed E-state index contributed by atoms with van der Waals surface area (Å²) in [6, 6.07) is 10.6. The number of hydrogen-bond acceptors (Lipinski definition) is 2. The third kappa shape index (κ3) is 5.09. The number of anilines is 1. The van der Waals surface area contributed by atoms with Crippen molar-refractivity contribution in [3.63, 3.8) is 0 Å². The van der Waals surface area contributed by atoms with E-state index in [1.165, 1.54) is 6.07 Å². The Morgan fingerprint density at radius 1 is 1.07 bits per heavy atom. The lowest BCUT2D eigenvalue weighted by Gasteiger charge is -2.31. The van der Waals surface area contributed by atoms with E-state index in [0.29, 0.717) is 31.5 Å². The number of nitrogens with one attached hydrogen (secondary N) is 1. The van der Waals surface area contributed by atoms with Crippen LogP contribution in [0.2, 0.25) is 5.02 Å². The average Bonchev–Trinajstić information content (AvgIpc) is 2.68. The molecule has 1 saturated heterocycles. The van der Waals surface area contributed by atoms with Gasteiger partial charge in [-0.15, -0.1) is 0 Å². The van der Waals surface area contributed by atoms with Gasteiger partial charge in [-0.1, -0.05) is 29.3 Å². The summed E-state index contributed by atoms with van der Waals surface area (Å²) in [5.74, 6) is -0.818. The highest BCUT2D eigenvalue weighted by atomic mass is 35.5. The zero-order valence-electron chi connectivity index (χ0n) is 15.7. The number of nitrogens with zero attached hydrogens (tertiary/aromatic N) is 1. The Morgan fingerprint density at radius 3 is 2.28 bits per heavy atom. The van der Waals surface area contributed by atoms with Crippen molar-refractivity contribution in [2.75, 3.05) is 18.4 Å². The van der Waals surface area contributed by atoms with Gasteiger partial charge in [-0.05, 0) is 50.1 Å². The number of likely N-dealkylation sites (tertiary alicyclic amines) is 1. The molecule has 1 aliphatic heterocycles. The fourth-order valence-electron chi connectivity index (χ4n) is 3.29. The number of carbonyl (C=O) groups is 2. The molecule has 1 heterocycles. The molecule has 2 amide bonds. The highest BCUT2D eigenvalue weighted by Crippen LogP contribution is 2.36. The number of alkyl halides is 3. The van der Waals surface area contributed by atoms with Gasteiger partial charge in [0.15, 0.2) is 0 Å². The number of amides is 2. The number of rotatable bonds is 3. The first-order chi connectivity index (χ1) is 13.6. The van der Waals surface area contributed by atoms with Gasteiger partial charge in [-0.2, -0.15) is 13.2 Å². The van der Waals surface area contributed by atoms with Gasteiger partial charge in [0, 0.05) is 30.3 Å². The second-order valence-electron chi connectivity index (χ2n) is 7.11. The number of aryl methyl sites for hydroxylation is 1. The van der Waals surface area contributed by atoms with Gasteiger partial charge in [0.25, 0.3) is 5.91 Å². The normalized spacial score (nSPS) is 15.3. The lowest BCUT2D eigenvalue weighted by molar-refractivity contribution is -0.137. The van der Waals surface area contributed by atoms with Crippen LogP contribution in [0.3, 0.4) is 0 Å². The molecular formula is C21H20ClF3N2O2. The number of halogens is 4. The minimum atomic E-state index is -4.60. The van der Waals surface area contributed by atoms with E-state index in [9.17, 15) is 22.8 Å². The Hall–Kier alpha value is -2.54. The summed E-state index contributed by atoms with van der Waals surface area (Å²) in [7, 11) is 0. The summed E-state index contributed by atoms with van der Waals surface area (Å²) in [4.78, 5) is 26.7. The van der Waals surface area contributed by atoms with Gasteiger partial charge in [-0.25, -0.2) is 0 Å². The summed E-state index contributed by atoms with van der Waals surface area (Å²) in [5, 5.41) is 2.11. The van der Waals surface area contributed by atoms with Gasteiger partial charge >= 0.3 is 6.18 Å². The van der Waals surface area contributed by atoms with Crippen LogP contribution in [0.1, 0.15) is 34.3 Å². The van der Waals surface area contributed by atoms with E-state index in [-0.39, 0.29) is 23.4 Å². The summed E-state index contributed by atoms with van der Waals surface area (Å²) in [5.41, 5.74) is 0.715. The Morgan fingerprint density at radius 2 is 1.69 bits per heavy atom. The van der Waals surface area contributed by atoms with Gasteiger partial charge in [0.1, 0.15) is 0 Å². The maximum atomic E-state index is 13.0. The zero-order valence-corrected chi connectivity index (χ0v) is 16.5. The van der Waals surface area contributed by atoms with Crippen LogP contribution in [-0.2, 0) is 11.0 Å². The number of hydrogen-bond donors (Lipinski definition) is 1. The topological polar surface area (TPSA) is 49.4 Å². The van der Waals surface area contributed by atoms with Crippen LogP contribution in [0.4, 0.5) is 18.9 Å². The Kier molecular flexibility index (Phi) is 6.17. The minimum Gasteiger partial charge on any atom is -0.339 e. The molecule has 0 radical (unpaired) electrons. The van der Waals surface area contributed by atoms with Crippen molar-refractivity contribution in [3.8, 4) is 0 Å². The SMILES string of the molecule is Cc1ccc(C(=O)N2CCC(C(=O)Nc3ccc(Cl)c(C(F)(F)F)c3)CC2)cc1. The zero-order chi connectivity index (χ0) is 21.2. The molecule has 0 aliphatic carbocycles. The van der Waals surface area contributed by atoms with Crippen molar-refractivity contribution in [2.45, 2.75) is 25.9 Å². The molecule has 0 saturated carbocycles. The lowest BCUT2D eigenvalue weighted by Crippen LogP contribution is -2.41. The monoisotopic (exact) mass is 424 g/mol. The van der Waals surface area contributed by atoms with Gasteiger partial charge in [0.05, 0.1) is 10.6 Å².